The number of hydrogen-bond acceptors (Lipinski definition) is 4. The smallest absolute Gasteiger partial charge is 0.417 e. The molecule has 8 heteroatoms. The second-order valence-corrected chi connectivity index (χ2v) is 3.71. The molecule has 0 amide bonds. The highest BCUT2D eigenvalue weighted by molar-refractivity contribution is 5.73. The summed E-state index contributed by atoms with van der Waals surface area (Å²) in [6, 6.07) is 2.01. The summed E-state index contributed by atoms with van der Waals surface area (Å²) in [6.45, 7) is 0.110. The van der Waals surface area contributed by atoms with Crippen LogP contribution < -0.4 is 4.90 Å². The maximum Gasteiger partial charge on any atom is 0.417 e. The van der Waals surface area contributed by atoms with E-state index in [0.717, 1.165) is 12.1 Å². The van der Waals surface area contributed by atoms with Gasteiger partial charge in [0.05, 0.1) is 12.2 Å². The van der Waals surface area contributed by atoms with E-state index in [1.807, 2.05) is 0 Å². The largest absolute Gasteiger partial charge is 0.480 e. The highest BCUT2D eigenvalue weighted by atomic mass is 19.4. The molecule has 0 unspecified atom stereocenters. The van der Waals surface area contributed by atoms with Crippen LogP contribution in [0.4, 0.5) is 19.0 Å². The Kier molecular flexibility index (Phi) is 5.11. The molecule has 0 spiro atoms. The van der Waals surface area contributed by atoms with Gasteiger partial charge in [0, 0.05) is 19.9 Å². The summed E-state index contributed by atoms with van der Waals surface area (Å²) in [5.41, 5.74) is -0.877. The molecule has 0 atom stereocenters. The van der Waals surface area contributed by atoms with Crippen molar-refractivity contribution in [3.05, 3.63) is 23.9 Å². The van der Waals surface area contributed by atoms with Gasteiger partial charge >= 0.3 is 12.1 Å². The first-order chi connectivity index (χ1) is 8.84. The molecular weight excluding hydrogens is 265 g/mol. The molecule has 0 aliphatic heterocycles. The number of methoxy groups -OCH3 is 1. The average molecular weight is 278 g/mol. The second-order valence-electron chi connectivity index (χ2n) is 3.71. The Morgan fingerprint density at radius 3 is 2.58 bits per heavy atom. The number of aromatic nitrogens is 1. The lowest BCUT2D eigenvalue weighted by molar-refractivity contribution is -0.138. The molecule has 0 aliphatic carbocycles. The lowest BCUT2D eigenvalue weighted by Crippen LogP contribution is -2.33. The number of pyridine rings is 1. The molecule has 0 saturated heterocycles. The van der Waals surface area contributed by atoms with Crippen LogP contribution in [0.15, 0.2) is 18.3 Å². The standard InChI is InChI=1S/C11H13F3N2O3/c1-19-5-4-16(7-10(17)18)9-3-2-8(6-15-9)11(12,13)14/h2-3,6H,4-5,7H2,1H3,(H,17,18). The minimum atomic E-state index is -4.46. The van der Waals surface area contributed by atoms with E-state index in [1.165, 1.54) is 12.0 Å². The Morgan fingerprint density at radius 1 is 1.47 bits per heavy atom. The normalized spacial score (nSPS) is 11.4. The van der Waals surface area contributed by atoms with E-state index in [9.17, 15) is 18.0 Å². The molecule has 1 aromatic heterocycles. The zero-order chi connectivity index (χ0) is 14.5. The van der Waals surface area contributed by atoms with Crippen LogP contribution in [0, 0.1) is 0 Å². The van der Waals surface area contributed by atoms with Crippen molar-refractivity contribution in [3.8, 4) is 0 Å². The van der Waals surface area contributed by atoms with Crippen molar-refractivity contribution < 1.29 is 27.8 Å². The number of carbonyl (C=O) groups is 1. The summed E-state index contributed by atoms with van der Waals surface area (Å²) in [7, 11) is 1.44. The Bertz CT molecular complexity index is 420. The van der Waals surface area contributed by atoms with Gasteiger partial charge in [-0.25, -0.2) is 4.98 Å². The maximum atomic E-state index is 12.4. The predicted octanol–water partition coefficient (Wildman–Crippen LogP) is 1.64. The number of alkyl halides is 3. The molecule has 0 radical (unpaired) electrons. The van der Waals surface area contributed by atoms with E-state index in [2.05, 4.69) is 4.98 Å². The van der Waals surface area contributed by atoms with Crippen LogP contribution in [0.25, 0.3) is 0 Å². The quantitative estimate of drug-likeness (QED) is 0.857. The molecule has 0 fully saturated rings. The van der Waals surface area contributed by atoms with Crippen molar-refractivity contribution in [1.82, 2.24) is 4.98 Å². The number of nitrogens with zero attached hydrogens (tertiary/aromatic N) is 2. The van der Waals surface area contributed by atoms with E-state index in [1.54, 1.807) is 0 Å². The van der Waals surface area contributed by atoms with E-state index in [4.69, 9.17) is 9.84 Å². The van der Waals surface area contributed by atoms with Gasteiger partial charge in [-0.05, 0) is 12.1 Å². The zero-order valence-electron chi connectivity index (χ0n) is 10.1. The number of halogens is 3. The fourth-order valence-corrected chi connectivity index (χ4v) is 1.38. The zero-order valence-corrected chi connectivity index (χ0v) is 10.1. The monoisotopic (exact) mass is 278 g/mol. The fraction of sp³-hybridized carbons (Fsp3) is 0.455. The summed E-state index contributed by atoms with van der Waals surface area (Å²) >= 11 is 0. The first-order valence-corrected chi connectivity index (χ1v) is 5.33. The van der Waals surface area contributed by atoms with Crippen molar-refractivity contribution in [2.45, 2.75) is 6.18 Å². The maximum absolute atomic E-state index is 12.4. The molecule has 0 aliphatic rings. The van der Waals surface area contributed by atoms with Gasteiger partial charge in [-0.15, -0.1) is 0 Å². The van der Waals surface area contributed by atoms with Gasteiger partial charge in [-0.1, -0.05) is 0 Å². The molecule has 0 saturated carbocycles. The SMILES string of the molecule is COCCN(CC(=O)O)c1ccc(C(F)(F)F)cn1. The molecule has 1 N–H and O–H groups in total. The van der Waals surface area contributed by atoms with Gasteiger partial charge < -0.3 is 14.7 Å². The third-order valence-electron chi connectivity index (χ3n) is 2.29. The number of anilines is 1. The predicted molar refractivity (Wildman–Crippen MR) is 61.0 cm³/mol. The number of carboxylic acids is 1. The minimum Gasteiger partial charge on any atom is -0.480 e. The Labute approximate surface area is 107 Å². The average Bonchev–Trinajstić information content (AvgIpc) is 2.33. The Balaban J connectivity index is 2.87. The third kappa shape index (κ3) is 4.74. The number of ether oxygens (including phenoxy) is 1. The Morgan fingerprint density at radius 2 is 2.16 bits per heavy atom. The van der Waals surface area contributed by atoms with E-state index in [0.29, 0.717) is 6.20 Å². The van der Waals surface area contributed by atoms with Crippen LogP contribution in [0.5, 0.6) is 0 Å². The van der Waals surface area contributed by atoms with Gasteiger partial charge in [-0.3, -0.25) is 4.79 Å². The van der Waals surface area contributed by atoms with Gasteiger partial charge in [0.2, 0.25) is 0 Å². The molecule has 106 valence electrons. The van der Waals surface area contributed by atoms with E-state index < -0.39 is 17.7 Å². The number of hydrogen-bond donors (Lipinski definition) is 1. The van der Waals surface area contributed by atoms with Crippen LogP contribution in [0.3, 0.4) is 0 Å². The first kappa shape index (κ1) is 15.2. The number of aliphatic carboxylic acids is 1. The van der Waals surface area contributed by atoms with Crippen molar-refractivity contribution in [2.75, 3.05) is 31.7 Å². The molecular formula is C11H13F3N2O3. The lowest BCUT2D eigenvalue weighted by atomic mass is 10.2. The van der Waals surface area contributed by atoms with Gasteiger partial charge in [0.25, 0.3) is 0 Å². The summed E-state index contributed by atoms with van der Waals surface area (Å²) in [5.74, 6) is -0.940. The third-order valence-corrected chi connectivity index (χ3v) is 2.29. The van der Waals surface area contributed by atoms with Crippen molar-refractivity contribution in [3.63, 3.8) is 0 Å². The molecule has 5 nitrogen and oxygen atoms in total. The van der Waals surface area contributed by atoms with Crippen molar-refractivity contribution in [1.29, 1.82) is 0 Å². The van der Waals surface area contributed by atoms with Crippen LogP contribution >= 0.6 is 0 Å². The summed E-state index contributed by atoms with van der Waals surface area (Å²) in [6.07, 6.45) is -3.79. The van der Waals surface area contributed by atoms with Gasteiger partial charge in [0.1, 0.15) is 12.4 Å². The fourth-order valence-electron chi connectivity index (χ4n) is 1.38. The summed E-state index contributed by atoms with van der Waals surface area (Å²) in [4.78, 5) is 15.6. The van der Waals surface area contributed by atoms with Crippen LogP contribution in [0.2, 0.25) is 0 Å². The van der Waals surface area contributed by atoms with Gasteiger partial charge in [0.15, 0.2) is 0 Å². The molecule has 19 heavy (non-hydrogen) atoms. The first-order valence-electron chi connectivity index (χ1n) is 5.33. The number of carboxylic acid groups (broad SMARTS) is 1. The Hall–Kier alpha value is -1.83. The highest BCUT2D eigenvalue weighted by Crippen LogP contribution is 2.29. The van der Waals surface area contributed by atoms with E-state index in [-0.39, 0.29) is 25.5 Å². The molecule has 0 aromatic carbocycles. The molecule has 0 bridgehead atoms. The van der Waals surface area contributed by atoms with E-state index >= 15 is 0 Å². The minimum absolute atomic E-state index is 0.160. The van der Waals surface area contributed by atoms with Crippen molar-refractivity contribution in [2.24, 2.45) is 0 Å². The van der Waals surface area contributed by atoms with Crippen LogP contribution in [0.1, 0.15) is 5.56 Å². The van der Waals surface area contributed by atoms with Gasteiger partial charge in [-0.2, -0.15) is 13.2 Å². The molecule has 1 rings (SSSR count). The van der Waals surface area contributed by atoms with Crippen LogP contribution in [-0.2, 0) is 15.7 Å². The summed E-state index contributed by atoms with van der Waals surface area (Å²) in [5, 5.41) is 8.74. The topological polar surface area (TPSA) is 62.7 Å². The lowest BCUT2D eigenvalue weighted by Gasteiger charge is -2.21. The molecule has 1 heterocycles. The van der Waals surface area contributed by atoms with Crippen LogP contribution in [-0.4, -0.2) is 42.9 Å². The summed E-state index contributed by atoms with van der Waals surface area (Å²) < 4.78 is 41.9. The highest BCUT2D eigenvalue weighted by Gasteiger charge is 2.30. The molecule has 1 aromatic rings. The number of rotatable bonds is 6. The van der Waals surface area contributed by atoms with Crippen molar-refractivity contribution >= 4 is 11.8 Å². The second kappa shape index (κ2) is 6.37.